The average Bonchev–Trinajstić information content (AvgIpc) is 2.55. The van der Waals surface area contributed by atoms with Crippen LogP contribution in [-0.2, 0) is 20.6 Å². The summed E-state index contributed by atoms with van der Waals surface area (Å²) in [5, 5.41) is 3.81. The highest BCUT2D eigenvalue weighted by Crippen LogP contribution is 2.47. The number of benzene rings is 1. The first-order chi connectivity index (χ1) is 11.4. The lowest BCUT2D eigenvalue weighted by atomic mass is 10.2. The predicted molar refractivity (Wildman–Crippen MR) is 96.1 cm³/mol. The molecule has 0 bridgehead atoms. The number of ether oxygens (including phenoxy) is 3. The molecule has 1 unspecified atom stereocenters. The molecular formula is C16H27ClNO5P. The maximum absolute atomic E-state index is 12.3. The van der Waals surface area contributed by atoms with Crippen LogP contribution in [0.4, 0.5) is 0 Å². The molecule has 6 nitrogen and oxygen atoms in total. The van der Waals surface area contributed by atoms with Crippen molar-refractivity contribution in [1.82, 2.24) is 5.32 Å². The first-order valence-electron chi connectivity index (χ1n) is 8.02. The van der Waals surface area contributed by atoms with Crippen molar-refractivity contribution in [3.05, 3.63) is 28.8 Å². The Morgan fingerprint density at radius 2 is 1.96 bits per heavy atom. The molecule has 1 aromatic rings. The molecule has 0 spiro atoms. The van der Waals surface area contributed by atoms with Crippen molar-refractivity contribution >= 4 is 19.0 Å². The molecule has 0 aliphatic heterocycles. The number of nitrogens with one attached hydrogen (secondary N) is 1. The summed E-state index contributed by atoms with van der Waals surface area (Å²) in [5.41, 5.74) is 1.03. The Kier molecular flexibility index (Phi) is 9.89. The maximum atomic E-state index is 12.3. The molecule has 0 aliphatic rings. The Labute approximate surface area is 148 Å². The lowest BCUT2D eigenvalue weighted by Crippen LogP contribution is -2.21. The molecule has 24 heavy (non-hydrogen) atoms. The van der Waals surface area contributed by atoms with Gasteiger partial charge in [0.25, 0.3) is 7.37 Å². The highest BCUT2D eigenvalue weighted by Gasteiger charge is 2.31. The van der Waals surface area contributed by atoms with Crippen LogP contribution in [0.2, 0.25) is 5.02 Å². The molecule has 0 fully saturated rings. The molecule has 0 saturated heterocycles. The first kappa shape index (κ1) is 21.4. The summed E-state index contributed by atoms with van der Waals surface area (Å²) in [7, 11) is -1.92. The fourth-order valence-corrected chi connectivity index (χ4v) is 3.93. The average molecular weight is 380 g/mol. The van der Waals surface area contributed by atoms with Gasteiger partial charge in [-0.1, -0.05) is 17.7 Å². The Morgan fingerprint density at radius 3 is 2.54 bits per heavy atom. The standard InChI is InChI=1S/C16H27ClNO5P/c1-4-22-16(23-5-2)24(19,20)10-6-9-18-12-13-7-8-14(17)15(11-13)21-3/h7-8,11,16,18H,4-6,9-10,12H2,1-3H3,(H,19,20). The second-order valence-electron chi connectivity index (χ2n) is 5.20. The van der Waals surface area contributed by atoms with Crippen molar-refractivity contribution in [3.63, 3.8) is 0 Å². The van der Waals surface area contributed by atoms with Crippen LogP contribution in [0.3, 0.4) is 0 Å². The topological polar surface area (TPSA) is 77.0 Å². The molecule has 0 aliphatic carbocycles. The summed E-state index contributed by atoms with van der Waals surface area (Å²) >= 11 is 5.98. The zero-order valence-electron chi connectivity index (χ0n) is 14.5. The Hall–Kier alpha value is -0.620. The zero-order chi connectivity index (χ0) is 18.0. The lowest BCUT2D eigenvalue weighted by molar-refractivity contribution is -0.0871. The van der Waals surface area contributed by atoms with E-state index in [4.69, 9.17) is 25.8 Å². The van der Waals surface area contributed by atoms with Crippen LogP contribution in [0.25, 0.3) is 0 Å². The van der Waals surface area contributed by atoms with E-state index in [1.54, 1.807) is 27.0 Å². The quantitative estimate of drug-likeness (QED) is 0.329. The molecule has 1 rings (SSSR count). The fraction of sp³-hybridized carbons (Fsp3) is 0.625. The smallest absolute Gasteiger partial charge is 0.255 e. The van der Waals surface area contributed by atoms with Crippen molar-refractivity contribution < 1.29 is 23.7 Å². The molecule has 138 valence electrons. The second kappa shape index (κ2) is 11.1. The lowest BCUT2D eigenvalue weighted by Gasteiger charge is -2.22. The Morgan fingerprint density at radius 1 is 1.29 bits per heavy atom. The van der Waals surface area contributed by atoms with Gasteiger partial charge >= 0.3 is 0 Å². The van der Waals surface area contributed by atoms with Gasteiger partial charge in [-0.25, -0.2) is 0 Å². The van der Waals surface area contributed by atoms with E-state index in [1.165, 1.54) is 0 Å². The number of halogens is 1. The molecule has 0 saturated carbocycles. The minimum Gasteiger partial charge on any atom is -0.495 e. The number of hydrogen-bond acceptors (Lipinski definition) is 5. The van der Waals surface area contributed by atoms with Crippen LogP contribution >= 0.6 is 19.0 Å². The van der Waals surface area contributed by atoms with Gasteiger partial charge in [0.15, 0.2) is 0 Å². The van der Waals surface area contributed by atoms with E-state index in [-0.39, 0.29) is 6.16 Å². The molecule has 8 heteroatoms. The van der Waals surface area contributed by atoms with Crippen molar-refractivity contribution in [2.24, 2.45) is 0 Å². The van der Waals surface area contributed by atoms with E-state index >= 15 is 0 Å². The van der Waals surface area contributed by atoms with E-state index in [9.17, 15) is 9.46 Å². The van der Waals surface area contributed by atoms with Crippen LogP contribution in [0.5, 0.6) is 5.75 Å². The van der Waals surface area contributed by atoms with Gasteiger partial charge in [-0.15, -0.1) is 0 Å². The van der Waals surface area contributed by atoms with Gasteiger partial charge < -0.3 is 24.4 Å². The van der Waals surface area contributed by atoms with E-state index in [2.05, 4.69) is 5.32 Å². The van der Waals surface area contributed by atoms with Gasteiger partial charge in [-0.3, -0.25) is 4.57 Å². The molecule has 0 radical (unpaired) electrons. The molecule has 1 aromatic carbocycles. The first-order valence-corrected chi connectivity index (χ1v) is 10.3. The van der Waals surface area contributed by atoms with Gasteiger partial charge in [0.2, 0.25) is 6.03 Å². The monoisotopic (exact) mass is 379 g/mol. The van der Waals surface area contributed by atoms with Crippen LogP contribution < -0.4 is 10.1 Å². The van der Waals surface area contributed by atoms with Crippen LogP contribution in [0.1, 0.15) is 25.8 Å². The van der Waals surface area contributed by atoms with E-state index < -0.39 is 13.4 Å². The Balaban J connectivity index is 2.38. The number of methoxy groups -OCH3 is 1. The normalized spacial score (nSPS) is 13.9. The Bertz CT molecular complexity index is 537. The van der Waals surface area contributed by atoms with Gasteiger partial charge in [0, 0.05) is 25.9 Å². The van der Waals surface area contributed by atoms with Gasteiger partial charge in [-0.05, 0) is 44.5 Å². The van der Waals surface area contributed by atoms with Gasteiger partial charge in [-0.2, -0.15) is 0 Å². The van der Waals surface area contributed by atoms with E-state index in [1.807, 2.05) is 12.1 Å². The van der Waals surface area contributed by atoms with E-state index in [0.717, 1.165) is 5.56 Å². The van der Waals surface area contributed by atoms with Crippen LogP contribution in [-0.4, -0.2) is 44.0 Å². The third-order valence-electron chi connectivity index (χ3n) is 3.32. The van der Waals surface area contributed by atoms with E-state index in [0.29, 0.717) is 43.5 Å². The summed E-state index contributed by atoms with van der Waals surface area (Å²) in [6.07, 6.45) is 0.698. The summed E-state index contributed by atoms with van der Waals surface area (Å²) in [6.45, 7) is 5.46. The highest BCUT2D eigenvalue weighted by atomic mass is 35.5. The summed E-state index contributed by atoms with van der Waals surface area (Å²) < 4.78 is 27.9. The number of hydrogen-bond donors (Lipinski definition) is 2. The predicted octanol–water partition coefficient (Wildman–Crippen LogP) is 3.46. The molecular weight excluding hydrogens is 353 g/mol. The third-order valence-corrected chi connectivity index (χ3v) is 5.55. The SMILES string of the molecule is CCOC(OCC)P(=O)(O)CCCNCc1ccc(Cl)c(OC)c1. The molecule has 0 aromatic heterocycles. The minimum atomic E-state index is -3.49. The van der Waals surface area contributed by atoms with Crippen LogP contribution in [0, 0.1) is 0 Å². The maximum Gasteiger partial charge on any atom is 0.255 e. The van der Waals surface area contributed by atoms with Crippen molar-refractivity contribution in [2.45, 2.75) is 32.8 Å². The molecule has 1 atom stereocenters. The van der Waals surface area contributed by atoms with Crippen LogP contribution in [0.15, 0.2) is 18.2 Å². The zero-order valence-corrected chi connectivity index (χ0v) is 16.1. The van der Waals surface area contributed by atoms with Gasteiger partial charge in [0.05, 0.1) is 12.1 Å². The fourth-order valence-electron chi connectivity index (χ4n) is 2.15. The molecule has 2 N–H and O–H groups in total. The van der Waals surface area contributed by atoms with Gasteiger partial charge in [0.1, 0.15) is 5.75 Å². The van der Waals surface area contributed by atoms with Crippen molar-refractivity contribution in [2.75, 3.05) is 33.0 Å². The number of rotatable bonds is 12. The third kappa shape index (κ3) is 7.09. The van der Waals surface area contributed by atoms with Crippen molar-refractivity contribution in [1.29, 1.82) is 0 Å². The second-order valence-corrected chi connectivity index (χ2v) is 7.98. The highest BCUT2D eigenvalue weighted by molar-refractivity contribution is 7.58. The van der Waals surface area contributed by atoms with Crippen molar-refractivity contribution in [3.8, 4) is 5.75 Å². The summed E-state index contributed by atoms with van der Waals surface area (Å²) in [4.78, 5) is 10.1. The molecule has 0 heterocycles. The summed E-state index contributed by atoms with van der Waals surface area (Å²) in [6, 6.07) is 4.53. The summed E-state index contributed by atoms with van der Waals surface area (Å²) in [5.74, 6) is 0.632. The molecule has 0 amide bonds. The largest absolute Gasteiger partial charge is 0.495 e. The minimum absolute atomic E-state index is 0.147.